The lowest BCUT2D eigenvalue weighted by molar-refractivity contribution is -0.384. The summed E-state index contributed by atoms with van der Waals surface area (Å²) in [6.07, 6.45) is -1.72. The van der Waals surface area contributed by atoms with E-state index < -0.39 is 40.8 Å². The molecule has 0 fully saturated rings. The van der Waals surface area contributed by atoms with Crippen LogP contribution < -0.4 is 0 Å². The highest BCUT2D eigenvalue weighted by Crippen LogP contribution is 2.44. The van der Waals surface area contributed by atoms with Gasteiger partial charge in [-0.3, -0.25) is 10.1 Å². The Morgan fingerprint density at radius 2 is 1.81 bits per heavy atom. The minimum Gasteiger partial charge on any atom is -0.478 e. The summed E-state index contributed by atoms with van der Waals surface area (Å²) in [6, 6.07) is 8.71. The van der Waals surface area contributed by atoms with Gasteiger partial charge >= 0.3 is 18.1 Å². The number of hydrogen-bond acceptors (Lipinski definition) is 7. The summed E-state index contributed by atoms with van der Waals surface area (Å²) in [5, 5.41) is 27.3. The van der Waals surface area contributed by atoms with Crippen molar-refractivity contribution in [1.29, 1.82) is 0 Å². The Kier molecular flexibility index (Phi) is 6.42. The van der Waals surface area contributed by atoms with E-state index in [9.17, 15) is 32.9 Å². The molecule has 4 rings (SSSR count). The number of halogens is 3. The molecule has 0 saturated carbocycles. The van der Waals surface area contributed by atoms with E-state index in [2.05, 4.69) is 10.3 Å². The first-order valence-electron chi connectivity index (χ1n) is 10.7. The average Bonchev–Trinajstić information content (AvgIpc) is 3.49. The van der Waals surface area contributed by atoms with Gasteiger partial charge in [0.05, 0.1) is 28.8 Å². The van der Waals surface area contributed by atoms with Crippen LogP contribution in [-0.2, 0) is 16.9 Å². The molecule has 1 aromatic carbocycles. The number of carboxylic acid groups (broad SMARTS) is 1. The van der Waals surface area contributed by atoms with Crippen molar-refractivity contribution in [1.82, 2.24) is 19.4 Å². The number of carbonyl (C=O) groups excluding carboxylic acids is 1. The number of esters is 1. The largest absolute Gasteiger partial charge is 0.478 e. The molecule has 0 bridgehead atoms. The number of carboxylic acids is 1. The van der Waals surface area contributed by atoms with Gasteiger partial charge in [-0.2, -0.15) is 13.2 Å². The number of aromatic carboxylic acids is 1. The van der Waals surface area contributed by atoms with Gasteiger partial charge < -0.3 is 14.2 Å². The Bertz CT molecular complexity index is 1490. The number of pyridine rings is 1. The molecule has 4 aromatic rings. The van der Waals surface area contributed by atoms with Gasteiger partial charge in [-0.05, 0) is 42.3 Å². The van der Waals surface area contributed by atoms with Gasteiger partial charge in [0.2, 0.25) is 0 Å². The second-order valence-electron chi connectivity index (χ2n) is 8.07. The second kappa shape index (κ2) is 9.37. The number of alkyl halides is 3. The van der Waals surface area contributed by atoms with Gasteiger partial charge in [0.1, 0.15) is 5.69 Å². The predicted molar refractivity (Wildman–Crippen MR) is 120 cm³/mol. The number of carbonyl (C=O) groups is 2. The SMILES string of the molecule is CCC(OC(=O)c1ccc([N+](=O)[O-])cc1)(c1cn(Cc2ccn3cc(C(=O)O)cc3c2)nn1)C(F)(F)F. The Hall–Kier alpha value is -4.75. The monoisotopic (exact) mass is 517 g/mol. The van der Waals surface area contributed by atoms with Gasteiger partial charge in [-0.15, -0.1) is 5.10 Å². The van der Waals surface area contributed by atoms with Crippen molar-refractivity contribution < 1.29 is 37.5 Å². The molecular weight excluding hydrogens is 499 g/mol. The zero-order chi connectivity index (χ0) is 27.0. The lowest BCUT2D eigenvalue weighted by Gasteiger charge is -2.32. The number of nitro benzene ring substituents is 1. The van der Waals surface area contributed by atoms with E-state index >= 15 is 0 Å². The van der Waals surface area contributed by atoms with Crippen LogP contribution >= 0.6 is 0 Å². The van der Waals surface area contributed by atoms with Crippen molar-refractivity contribution in [3.05, 3.63) is 93.6 Å². The van der Waals surface area contributed by atoms with E-state index in [0.717, 1.165) is 35.1 Å². The van der Waals surface area contributed by atoms with Gasteiger partial charge in [-0.1, -0.05) is 12.1 Å². The van der Waals surface area contributed by atoms with Crippen LogP contribution in [0.15, 0.2) is 61.1 Å². The van der Waals surface area contributed by atoms with Crippen LogP contribution in [0.1, 0.15) is 45.3 Å². The molecule has 1 atom stereocenters. The molecule has 3 aromatic heterocycles. The lowest BCUT2D eigenvalue weighted by Crippen LogP contribution is -2.46. The number of rotatable bonds is 8. The average molecular weight is 517 g/mol. The normalized spacial score (nSPS) is 13.3. The molecule has 192 valence electrons. The molecule has 0 saturated heterocycles. The van der Waals surface area contributed by atoms with Crippen LogP contribution in [0.4, 0.5) is 18.9 Å². The zero-order valence-electron chi connectivity index (χ0n) is 19.0. The molecule has 11 nitrogen and oxygen atoms in total. The van der Waals surface area contributed by atoms with Crippen molar-refractivity contribution >= 4 is 23.1 Å². The third kappa shape index (κ3) is 4.85. The van der Waals surface area contributed by atoms with Gasteiger partial charge in [0, 0.05) is 30.0 Å². The van der Waals surface area contributed by atoms with E-state index in [-0.39, 0.29) is 23.4 Å². The van der Waals surface area contributed by atoms with Crippen LogP contribution in [-0.4, -0.2) is 47.5 Å². The first-order valence-corrected chi connectivity index (χ1v) is 10.7. The van der Waals surface area contributed by atoms with Crippen LogP contribution in [0.5, 0.6) is 0 Å². The number of aromatic nitrogens is 4. The molecule has 37 heavy (non-hydrogen) atoms. The molecule has 0 aliphatic heterocycles. The fourth-order valence-corrected chi connectivity index (χ4v) is 3.76. The third-order valence-electron chi connectivity index (χ3n) is 5.74. The Morgan fingerprint density at radius 3 is 2.41 bits per heavy atom. The fraction of sp³-hybridized carbons (Fsp3) is 0.217. The minimum atomic E-state index is -5.06. The summed E-state index contributed by atoms with van der Waals surface area (Å²) in [5.74, 6) is -2.44. The quantitative estimate of drug-likeness (QED) is 0.208. The minimum absolute atomic E-state index is 0.00500. The summed E-state index contributed by atoms with van der Waals surface area (Å²) in [6.45, 7) is 1.18. The number of non-ortho nitro benzene ring substituents is 1. The van der Waals surface area contributed by atoms with Crippen LogP contribution in [0, 0.1) is 10.1 Å². The summed E-state index contributed by atoms with van der Waals surface area (Å²) >= 11 is 0. The molecule has 3 heterocycles. The first kappa shape index (κ1) is 25.3. The van der Waals surface area contributed by atoms with Crippen molar-refractivity contribution in [2.24, 2.45) is 0 Å². The molecule has 1 N–H and O–H groups in total. The zero-order valence-corrected chi connectivity index (χ0v) is 19.0. The number of ether oxygens (including phenoxy) is 1. The number of nitro groups is 1. The predicted octanol–water partition coefficient (Wildman–Crippen LogP) is 4.21. The number of hydrogen-bond donors (Lipinski definition) is 1. The maximum Gasteiger partial charge on any atom is 0.434 e. The molecule has 0 amide bonds. The molecule has 1 unspecified atom stereocenters. The van der Waals surface area contributed by atoms with E-state index in [4.69, 9.17) is 9.84 Å². The third-order valence-corrected chi connectivity index (χ3v) is 5.74. The summed E-state index contributed by atoms with van der Waals surface area (Å²) < 4.78 is 50.6. The van der Waals surface area contributed by atoms with Crippen molar-refractivity contribution in [3.8, 4) is 0 Å². The summed E-state index contributed by atoms with van der Waals surface area (Å²) in [5.41, 5.74) is -3.16. The number of nitrogens with zero attached hydrogens (tertiary/aromatic N) is 5. The van der Waals surface area contributed by atoms with Crippen molar-refractivity contribution in [3.63, 3.8) is 0 Å². The fourth-order valence-electron chi connectivity index (χ4n) is 3.76. The Balaban J connectivity index is 1.61. The van der Waals surface area contributed by atoms with E-state index in [1.54, 1.807) is 22.7 Å². The maximum atomic E-state index is 14.3. The Labute approximate surface area is 205 Å². The van der Waals surface area contributed by atoms with E-state index in [1.807, 2.05) is 0 Å². The van der Waals surface area contributed by atoms with Gasteiger partial charge in [0.15, 0.2) is 0 Å². The number of fused-ring (bicyclic) bond motifs is 1. The smallest absolute Gasteiger partial charge is 0.434 e. The standard InChI is InChI=1S/C23H18F3N5O6/c1-2-22(23(24,25)26,37-21(34)15-3-5-17(6-4-15)31(35)36)19-13-30(28-27-19)11-14-7-8-29-12-16(20(32)33)10-18(29)9-14/h3-10,12-13H,2,11H2,1H3,(H,32,33). The maximum absolute atomic E-state index is 14.3. The molecule has 0 spiro atoms. The second-order valence-corrected chi connectivity index (χ2v) is 8.07. The van der Waals surface area contributed by atoms with Crippen LogP contribution in [0.25, 0.3) is 5.52 Å². The van der Waals surface area contributed by atoms with Crippen molar-refractivity contribution in [2.45, 2.75) is 31.7 Å². The van der Waals surface area contributed by atoms with E-state index in [0.29, 0.717) is 11.1 Å². The van der Waals surface area contributed by atoms with Gasteiger partial charge in [-0.25, -0.2) is 14.3 Å². The molecule has 0 radical (unpaired) electrons. The van der Waals surface area contributed by atoms with Crippen LogP contribution in [0.2, 0.25) is 0 Å². The lowest BCUT2D eigenvalue weighted by atomic mass is 9.95. The summed E-state index contributed by atoms with van der Waals surface area (Å²) in [7, 11) is 0. The molecular formula is C23H18F3N5O6. The highest BCUT2D eigenvalue weighted by atomic mass is 19.4. The summed E-state index contributed by atoms with van der Waals surface area (Å²) in [4.78, 5) is 33.9. The number of benzene rings is 1. The molecule has 14 heteroatoms. The molecule has 0 aliphatic carbocycles. The first-order chi connectivity index (χ1) is 17.4. The topological polar surface area (TPSA) is 142 Å². The Morgan fingerprint density at radius 1 is 1.11 bits per heavy atom. The highest BCUT2D eigenvalue weighted by molar-refractivity contribution is 5.90. The van der Waals surface area contributed by atoms with E-state index in [1.165, 1.54) is 19.2 Å². The molecule has 0 aliphatic rings. The highest BCUT2D eigenvalue weighted by Gasteiger charge is 2.60. The van der Waals surface area contributed by atoms with Crippen molar-refractivity contribution in [2.75, 3.05) is 0 Å². The van der Waals surface area contributed by atoms with Crippen LogP contribution in [0.3, 0.4) is 0 Å². The van der Waals surface area contributed by atoms with Gasteiger partial charge in [0.25, 0.3) is 11.3 Å².